The Labute approximate surface area is 90.6 Å². The molecule has 0 saturated heterocycles. The summed E-state index contributed by atoms with van der Waals surface area (Å²) in [6.07, 6.45) is 4.61. The van der Waals surface area contributed by atoms with Gasteiger partial charge >= 0.3 is 0 Å². The summed E-state index contributed by atoms with van der Waals surface area (Å²) in [5, 5.41) is 3.50. The first-order chi connectivity index (χ1) is 7.31. The molecule has 1 saturated carbocycles. The number of nitrogens with one attached hydrogen (secondary N) is 1. The lowest BCUT2D eigenvalue weighted by atomic mass is 10.4. The molecule has 0 aliphatic heterocycles. The van der Waals surface area contributed by atoms with E-state index in [4.69, 9.17) is 4.74 Å². The summed E-state index contributed by atoms with van der Waals surface area (Å²) >= 11 is 0. The molecule has 4 heteroatoms. The van der Waals surface area contributed by atoms with E-state index in [2.05, 4.69) is 14.9 Å². The van der Waals surface area contributed by atoms with Crippen molar-refractivity contribution in [1.82, 2.24) is 14.9 Å². The van der Waals surface area contributed by atoms with E-state index in [9.17, 15) is 0 Å². The zero-order chi connectivity index (χ0) is 10.7. The summed E-state index contributed by atoms with van der Waals surface area (Å²) in [7, 11) is 1.73. The van der Waals surface area contributed by atoms with Crippen molar-refractivity contribution in [3.63, 3.8) is 0 Å². The number of hydrogen-bond acceptors (Lipinski definition) is 3. The first kappa shape index (κ1) is 10.6. The van der Waals surface area contributed by atoms with Crippen molar-refractivity contribution in [3.05, 3.63) is 17.7 Å². The maximum Gasteiger partial charge on any atom is 0.105 e. The van der Waals surface area contributed by atoms with Gasteiger partial charge < -0.3 is 14.6 Å². The van der Waals surface area contributed by atoms with Gasteiger partial charge in [-0.25, -0.2) is 4.98 Å². The Kier molecular flexibility index (Phi) is 3.38. The Balaban J connectivity index is 1.94. The van der Waals surface area contributed by atoms with E-state index >= 15 is 0 Å². The fourth-order valence-corrected chi connectivity index (χ4v) is 1.68. The summed E-state index contributed by atoms with van der Waals surface area (Å²) in [5.74, 6) is 1.07. The topological polar surface area (TPSA) is 39.1 Å². The summed E-state index contributed by atoms with van der Waals surface area (Å²) < 4.78 is 7.32. The number of aromatic nitrogens is 2. The van der Waals surface area contributed by atoms with E-state index in [0.717, 1.165) is 31.6 Å². The Morgan fingerprint density at radius 3 is 3.07 bits per heavy atom. The second kappa shape index (κ2) is 4.77. The third kappa shape index (κ3) is 2.79. The number of ether oxygens (including phenoxy) is 1. The molecule has 15 heavy (non-hydrogen) atoms. The second-order valence-electron chi connectivity index (χ2n) is 4.10. The highest BCUT2D eigenvalue weighted by molar-refractivity contribution is 5.05. The van der Waals surface area contributed by atoms with Gasteiger partial charge in [-0.3, -0.25) is 0 Å². The molecule has 0 radical (unpaired) electrons. The monoisotopic (exact) mass is 209 g/mol. The van der Waals surface area contributed by atoms with Crippen LogP contribution < -0.4 is 5.32 Å². The van der Waals surface area contributed by atoms with Crippen LogP contribution in [0.25, 0.3) is 0 Å². The lowest BCUT2D eigenvalue weighted by molar-refractivity contribution is 0.185. The smallest absolute Gasteiger partial charge is 0.105 e. The minimum atomic E-state index is 0.744. The van der Waals surface area contributed by atoms with Crippen LogP contribution in [0.2, 0.25) is 0 Å². The van der Waals surface area contributed by atoms with Crippen LogP contribution in [0.15, 0.2) is 6.20 Å². The molecule has 0 spiro atoms. The fraction of sp³-hybridized carbons (Fsp3) is 0.727. The molecule has 0 amide bonds. The van der Waals surface area contributed by atoms with Gasteiger partial charge in [-0.15, -0.1) is 0 Å². The highest BCUT2D eigenvalue weighted by Crippen LogP contribution is 2.19. The molecule has 0 bridgehead atoms. The summed E-state index contributed by atoms with van der Waals surface area (Å²) in [6, 6.07) is 0.746. The molecule has 1 aromatic heterocycles. The van der Waals surface area contributed by atoms with Crippen LogP contribution in [-0.4, -0.2) is 29.3 Å². The molecule has 1 heterocycles. The third-order valence-electron chi connectivity index (χ3n) is 2.81. The number of methoxy groups -OCH3 is 1. The van der Waals surface area contributed by atoms with Crippen molar-refractivity contribution in [3.8, 4) is 0 Å². The Morgan fingerprint density at radius 2 is 2.40 bits per heavy atom. The number of imidazole rings is 1. The fourth-order valence-electron chi connectivity index (χ4n) is 1.68. The molecule has 0 atom stereocenters. The molecule has 1 N–H and O–H groups in total. The number of hydrogen-bond donors (Lipinski definition) is 1. The Morgan fingerprint density at radius 1 is 1.60 bits per heavy atom. The molecule has 4 nitrogen and oxygen atoms in total. The van der Waals surface area contributed by atoms with Crippen LogP contribution in [-0.2, 0) is 17.8 Å². The SMILES string of the molecule is COCCn1c(CNC2CC2)cnc1C. The maximum atomic E-state index is 5.09. The molecular weight excluding hydrogens is 190 g/mol. The predicted molar refractivity (Wildman–Crippen MR) is 58.7 cm³/mol. The minimum absolute atomic E-state index is 0.744. The van der Waals surface area contributed by atoms with Gasteiger partial charge in [0.15, 0.2) is 0 Å². The predicted octanol–water partition coefficient (Wildman–Crippen LogP) is 1.09. The van der Waals surface area contributed by atoms with Crippen LogP contribution in [0.4, 0.5) is 0 Å². The Hall–Kier alpha value is -0.870. The van der Waals surface area contributed by atoms with Crippen LogP contribution >= 0.6 is 0 Å². The van der Waals surface area contributed by atoms with Crippen LogP contribution in [0.3, 0.4) is 0 Å². The second-order valence-corrected chi connectivity index (χ2v) is 4.10. The number of aryl methyl sites for hydroxylation is 1. The average molecular weight is 209 g/mol. The van der Waals surface area contributed by atoms with E-state index < -0.39 is 0 Å². The molecule has 0 unspecified atom stereocenters. The van der Waals surface area contributed by atoms with E-state index in [-0.39, 0.29) is 0 Å². The maximum absolute atomic E-state index is 5.09. The van der Waals surface area contributed by atoms with Crippen molar-refractivity contribution in [2.45, 2.75) is 38.9 Å². The van der Waals surface area contributed by atoms with E-state index in [1.54, 1.807) is 7.11 Å². The Bertz CT molecular complexity index is 318. The first-order valence-electron chi connectivity index (χ1n) is 5.54. The molecule has 2 rings (SSSR count). The van der Waals surface area contributed by atoms with Crippen LogP contribution in [0.1, 0.15) is 24.4 Å². The average Bonchev–Trinajstić information content (AvgIpc) is 2.99. The van der Waals surface area contributed by atoms with Crippen molar-refractivity contribution in [2.24, 2.45) is 0 Å². The van der Waals surface area contributed by atoms with E-state index in [1.807, 2.05) is 13.1 Å². The standard InChI is InChI=1S/C11H19N3O/c1-9-12-7-11(8-13-10-3-4-10)14(9)5-6-15-2/h7,10,13H,3-6,8H2,1-2H3. The van der Waals surface area contributed by atoms with Gasteiger partial charge in [0.1, 0.15) is 5.82 Å². The van der Waals surface area contributed by atoms with Gasteiger partial charge in [0.05, 0.1) is 12.3 Å². The highest BCUT2D eigenvalue weighted by Gasteiger charge is 2.20. The van der Waals surface area contributed by atoms with Crippen molar-refractivity contribution >= 4 is 0 Å². The molecule has 84 valence electrons. The quantitative estimate of drug-likeness (QED) is 0.762. The zero-order valence-corrected chi connectivity index (χ0v) is 9.49. The largest absolute Gasteiger partial charge is 0.383 e. The summed E-state index contributed by atoms with van der Waals surface area (Å²) in [4.78, 5) is 4.34. The molecule has 1 fully saturated rings. The van der Waals surface area contributed by atoms with Gasteiger partial charge in [0, 0.05) is 32.4 Å². The van der Waals surface area contributed by atoms with Crippen LogP contribution in [0, 0.1) is 6.92 Å². The van der Waals surface area contributed by atoms with Gasteiger partial charge in [-0.05, 0) is 19.8 Å². The molecule has 0 aromatic carbocycles. The number of nitrogens with zero attached hydrogens (tertiary/aromatic N) is 2. The molecule has 1 aromatic rings. The lowest BCUT2D eigenvalue weighted by Gasteiger charge is -2.10. The van der Waals surface area contributed by atoms with Gasteiger partial charge in [-0.2, -0.15) is 0 Å². The van der Waals surface area contributed by atoms with Gasteiger partial charge in [0.25, 0.3) is 0 Å². The normalized spacial score (nSPS) is 15.9. The third-order valence-corrected chi connectivity index (χ3v) is 2.81. The van der Waals surface area contributed by atoms with Crippen LogP contribution in [0.5, 0.6) is 0 Å². The van der Waals surface area contributed by atoms with Crippen molar-refractivity contribution in [2.75, 3.05) is 13.7 Å². The van der Waals surface area contributed by atoms with Gasteiger partial charge in [0.2, 0.25) is 0 Å². The highest BCUT2D eigenvalue weighted by atomic mass is 16.5. The summed E-state index contributed by atoms with van der Waals surface area (Å²) in [6.45, 7) is 4.60. The minimum Gasteiger partial charge on any atom is -0.383 e. The molecule has 1 aliphatic rings. The van der Waals surface area contributed by atoms with E-state index in [0.29, 0.717) is 0 Å². The first-order valence-corrected chi connectivity index (χ1v) is 5.54. The van der Waals surface area contributed by atoms with E-state index in [1.165, 1.54) is 18.5 Å². The van der Waals surface area contributed by atoms with Crippen molar-refractivity contribution in [1.29, 1.82) is 0 Å². The number of rotatable bonds is 6. The van der Waals surface area contributed by atoms with Crippen molar-refractivity contribution < 1.29 is 4.74 Å². The summed E-state index contributed by atoms with van der Waals surface area (Å²) in [5.41, 5.74) is 1.26. The molecular formula is C11H19N3O. The zero-order valence-electron chi connectivity index (χ0n) is 9.49. The molecule has 1 aliphatic carbocycles. The lowest BCUT2D eigenvalue weighted by Crippen LogP contribution is -2.19. The van der Waals surface area contributed by atoms with Gasteiger partial charge in [-0.1, -0.05) is 0 Å².